The maximum Gasteiger partial charge on any atom is 0.434 e. The van der Waals surface area contributed by atoms with Crippen molar-refractivity contribution >= 4 is 52.9 Å². The minimum absolute atomic E-state index is 0. The van der Waals surface area contributed by atoms with E-state index in [2.05, 4.69) is 25.9 Å². The van der Waals surface area contributed by atoms with Gasteiger partial charge in [-0.25, -0.2) is 4.98 Å². The number of aromatic nitrogens is 1. The van der Waals surface area contributed by atoms with Crippen LogP contribution in [-0.4, -0.2) is 36.6 Å². The largest absolute Gasteiger partial charge is 0.434 e. The first kappa shape index (κ1) is 25.3. The molecule has 1 aliphatic heterocycles. The van der Waals surface area contributed by atoms with E-state index in [0.717, 1.165) is 35.1 Å². The van der Waals surface area contributed by atoms with E-state index in [1.807, 2.05) is 18.2 Å². The number of hydrogen-bond donors (Lipinski definition) is 3. The van der Waals surface area contributed by atoms with Gasteiger partial charge in [0.1, 0.15) is 11.1 Å². The minimum Gasteiger partial charge on any atom is -0.368 e. The molecule has 1 aromatic heterocycles. The second-order valence-electron chi connectivity index (χ2n) is 6.59. The van der Waals surface area contributed by atoms with Gasteiger partial charge in [0.2, 0.25) is 0 Å². The molecule has 0 bridgehead atoms. The molecule has 0 saturated carbocycles. The number of carbonyl (C=O) groups is 1. The van der Waals surface area contributed by atoms with Gasteiger partial charge in [-0.2, -0.15) is 13.2 Å². The molecule has 0 radical (unpaired) electrons. The van der Waals surface area contributed by atoms with Crippen LogP contribution < -0.4 is 16.0 Å². The third-order valence-corrected chi connectivity index (χ3v) is 5.20. The van der Waals surface area contributed by atoms with E-state index in [4.69, 9.17) is 4.74 Å². The van der Waals surface area contributed by atoms with Gasteiger partial charge in [0, 0.05) is 31.3 Å². The molecule has 3 N–H and O–H groups in total. The van der Waals surface area contributed by atoms with Crippen molar-refractivity contribution in [1.29, 1.82) is 0 Å². The lowest BCUT2D eigenvalue weighted by molar-refractivity contribution is -0.140. The van der Waals surface area contributed by atoms with Crippen molar-refractivity contribution in [1.82, 2.24) is 15.6 Å². The Bertz CT molecular complexity index is 901. The van der Waals surface area contributed by atoms with Crippen molar-refractivity contribution in [3.63, 3.8) is 0 Å². The number of amides is 1. The lowest BCUT2D eigenvalue weighted by atomic mass is 10.2. The zero-order valence-corrected chi connectivity index (χ0v) is 19.8. The predicted octanol–water partition coefficient (Wildman–Crippen LogP) is 3.76. The minimum atomic E-state index is -4.45. The number of nitrogens with zero attached hydrogens (tertiary/aromatic N) is 2. The van der Waals surface area contributed by atoms with Gasteiger partial charge in [-0.05, 0) is 30.5 Å². The Balaban J connectivity index is 0.00000341. The van der Waals surface area contributed by atoms with E-state index in [0.29, 0.717) is 29.8 Å². The number of thiazole rings is 1. The Labute approximate surface area is 198 Å². The molecule has 1 amide bonds. The molecule has 0 aliphatic carbocycles. The second kappa shape index (κ2) is 11.6. The molecule has 170 valence electrons. The first-order chi connectivity index (χ1) is 14.3. The van der Waals surface area contributed by atoms with Crippen LogP contribution in [0.1, 0.15) is 29.1 Å². The van der Waals surface area contributed by atoms with E-state index in [-0.39, 0.29) is 36.4 Å². The fraction of sp³-hybridized carbons (Fsp3) is 0.421. The van der Waals surface area contributed by atoms with E-state index in [1.165, 1.54) is 0 Å². The summed E-state index contributed by atoms with van der Waals surface area (Å²) in [5.74, 6) is 0.268. The number of halogens is 4. The van der Waals surface area contributed by atoms with Crippen LogP contribution in [-0.2, 0) is 28.8 Å². The first-order valence-corrected chi connectivity index (χ1v) is 10.2. The topological polar surface area (TPSA) is 87.6 Å². The molecule has 2 aromatic rings. The van der Waals surface area contributed by atoms with Gasteiger partial charge in [-0.15, -0.1) is 35.3 Å². The summed E-state index contributed by atoms with van der Waals surface area (Å²) >= 11 is 0.934. The molecule has 12 heteroatoms. The number of anilines is 1. The lowest BCUT2D eigenvalue weighted by Crippen LogP contribution is -2.36. The average molecular weight is 569 g/mol. The highest BCUT2D eigenvalue weighted by Gasteiger charge is 2.33. The monoisotopic (exact) mass is 569 g/mol. The van der Waals surface area contributed by atoms with Crippen molar-refractivity contribution in [2.24, 2.45) is 4.99 Å². The second-order valence-corrected chi connectivity index (χ2v) is 7.54. The highest BCUT2D eigenvalue weighted by atomic mass is 127. The summed E-state index contributed by atoms with van der Waals surface area (Å²) in [6.45, 7) is 1.14. The Morgan fingerprint density at radius 1 is 1.32 bits per heavy atom. The molecule has 31 heavy (non-hydrogen) atoms. The Kier molecular flexibility index (Phi) is 9.50. The van der Waals surface area contributed by atoms with Gasteiger partial charge in [0.15, 0.2) is 11.7 Å². The fourth-order valence-corrected chi connectivity index (χ4v) is 3.59. The molecule has 1 aliphatic rings. The van der Waals surface area contributed by atoms with Gasteiger partial charge < -0.3 is 20.7 Å². The molecule has 1 saturated heterocycles. The molecule has 1 unspecified atom stereocenters. The van der Waals surface area contributed by atoms with Crippen LogP contribution in [0.2, 0.25) is 0 Å². The lowest BCUT2D eigenvalue weighted by Gasteiger charge is -2.13. The summed E-state index contributed by atoms with van der Waals surface area (Å²) in [6.07, 6.45) is -3.25. The molecule has 1 aromatic carbocycles. The molecule has 1 fully saturated rings. The van der Waals surface area contributed by atoms with Crippen LogP contribution in [0.4, 0.5) is 18.9 Å². The molecule has 3 rings (SSSR count). The van der Waals surface area contributed by atoms with E-state index >= 15 is 0 Å². The Morgan fingerprint density at radius 3 is 2.74 bits per heavy atom. The van der Waals surface area contributed by atoms with Crippen LogP contribution in [0.15, 0.2) is 34.6 Å². The van der Waals surface area contributed by atoms with E-state index in [1.54, 1.807) is 13.1 Å². The van der Waals surface area contributed by atoms with Crippen LogP contribution in [0.5, 0.6) is 0 Å². The Hall–Kier alpha value is -1.93. The third-order valence-electron chi connectivity index (χ3n) is 4.35. The maximum atomic E-state index is 12.6. The summed E-state index contributed by atoms with van der Waals surface area (Å²) < 4.78 is 43.3. The van der Waals surface area contributed by atoms with Gasteiger partial charge in [0.05, 0.1) is 6.54 Å². The number of aliphatic imine (C=N–C) groups is 1. The molecule has 2 heterocycles. The highest BCUT2D eigenvalue weighted by molar-refractivity contribution is 14.0. The van der Waals surface area contributed by atoms with Crippen LogP contribution in [0.25, 0.3) is 0 Å². The number of ether oxygens (including phenoxy) is 1. The van der Waals surface area contributed by atoms with Gasteiger partial charge in [-0.1, -0.05) is 12.1 Å². The van der Waals surface area contributed by atoms with Crippen molar-refractivity contribution < 1.29 is 22.7 Å². The van der Waals surface area contributed by atoms with Crippen molar-refractivity contribution in [3.05, 3.63) is 45.9 Å². The number of carbonyl (C=O) groups excluding carboxylic acids is 1. The number of alkyl halides is 3. The average Bonchev–Trinajstić information content (AvgIpc) is 3.40. The summed E-state index contributed by atoms with van der Waals surface area (Å²) in [5.41, 5.74) is 0.672. The number of hydrogen-bond acceptors (Lipinski definition) is 5. The molecule has 0 spiro atoms. The fourth-order valence-electron chi connectivity index (χ4n) is 2.85. The van der Waals surface area contributed by atoms with Crippen LogP contribution >= 0.6 is 35.3 Å². The van der Waals surface area contributed by atoms with Gasteiger partial charge in [0.25, 0.3) is 5.91 Å². The molecule has 7 nitrogen and oxygen atoms in total. The molecule has 1 atom stereocenters. The van der Waals surface area contributed by atoms with E-state index in [9.17, 15) is 18.0 Å². The van der Waals surface area contributed by atoms with Crippen molar-refractivity contribution in [2.75, 3.05) is 19.0 Å². The van der Waals surface area contributed by atoms with Crippen molar-refractivity contribution in [3.8, 4) is 0 Å². The zero-order chi connectivity index (χ0) is 21.6. The van der Waals surface area contributed by atoms with Gasteiger partial charge >= 0.3 is 6.18 Å². The standard InChI is InChI=1S/C19H22F3N5O2S.HI/c1-23-18(25-10-16-27-15(11-30-16)19(20,21)22)24-9-12-4-2-5-13(8-12)26-17(28)14-6-3-7-29-14;/h2,4-5,8,11,14H,3,6-7,9-10H2,1H3,(H,26,28)(H2,23,24,25);1H. The summed E-state index contributed by atoms with van der Waals surface area (Å²) in [7, 11) is 1.57. The van der Waals surface area contributed by atoms with Gasteiger partial charge in [-0.3, -0.25) is 9.79 Å². The number of benzene rings is 1. The van der Waals surface area contributed by atoms with Crippen molar-refractivity contribution in [2.45, 2.75) is 38.2 Å². The van der Waals surface area contributed by atoms with E-state index < -0.39 is 18.0 Å². The summed E-state index contributed by atoms with van der Waals surface area (Å²) in [4.78, 5) is 19.8. The first-order valence-electron chi connectivity index (χ1n) is 9.32. The predicted molar refractivity (Wildman–Crippen MR) is 124 cm³/mol. The quantitative estimate of drug-likeness (QED) is 0.280. The maximum absolute atomic E-state index is 12.6. The smallest absolute Gasteiger partial charge is 0.368 e. The summed E-state index contributed by atoms with van der Waals surface area (Å²) in [5, 5.41) is 10.2. The number of rotatable bonds is 6. The van der Waals surface area contributed by atoms with Crippen LogP contribution in [0, 0.1) is 0 Å². The number of nitrogens with one attached hydrogen (secondary N) is 3. The van der Waals surface area contributed by atoms with Crippen LogP contribution in [0.3, 0.4) is 0 Å². The molecular formula is C19H23F3IN5O2S. The summed E-state index contributed by atoms with van der Waals surface area (Å²) in [6, 6.07) is 7.35. The Morgan fingerprint density at radius 2 is 2.10 bits per heavy atom. The zero-order valence-electron chi connectivity index (χ0n) is 16.7. The third kappa shape index (κ3) is 7.61. The SMILES string of the molecule is CN=C(NCc1cccc(NC(=O)C2CCCO2)c1)NCc1nc(C(F)(F)F)cs1.I. The number of guanidine groups is 1. The normalized spacial score (nSPS) is 16.5. The molecular weight excluding hydrogens is 546 g/mol. The highest BCUT2D eigenvalue weighted by Crippen LogP contribution is 2.29.